The minimum atomic E-state index is -1.50. The summed E-state index contributed by atoms with van der Waals surface area (Å²) in [5, 5.41) is 54.1. The van der Waals surface area contributed by atoms with Crippen LogP contribution in [-0.2, 0) is 14.3 Å². The quantitative estimate of drug-likeness (QED) is 0.114. The first kappa shape index (κ1) is 42.9. The number of nitrogens with zero attached hydrogens (tertiary/aromatic N) is 2. The number of hydrogen-bond acceptors (Lipinski definition) is 10. The van der Waals surface area contributed by atoms with Gasteiger partial charge < -0.3 is 39.9 Å². The van der Waals surface area contributed by atoms with Crippen LogP contribution in [0.15, 0.2) is 36.0 Å². The van der Waals surface area contributed by atoms with Crippen molar-refractivity contribution < 1.29 is 44.6 Å². The molecule has 282 valence electrons. The summed E-state index contributed by atoms with van der Waals surface area (Å²) in [7, 11) is 0. The van der Waals surface area contributed by atoms with E-state index >= 15 is 0 Å². The highest BCUT2D eigenvalue weighted by atomic mass is 16.6. The molecule has 0 bridgehead atoms. The molecule has 1 fully saturated rings. The van der Waals surface area contributed by atoms with Crippen LogP contribution < -0.4 is 0 Å². The third-order valence-electron chi connectivity index (χ3n) is 10.2. The molecule has 10 unspecified atom stereocenters. The van der Waals surface area contributed by atoms with Gasteiger partial charge in [-0.2, -0.15) is 0 Å². The van der Waals surface area contributed by atoms with Gasteiger partial charge in [0.1, 0.15) is 11.7 Å². The summed E-state index contributed by atoms with van der Waals surface area (Å²) in [6.07, 6.45) is 4.27. The molecule has 5 N–H and O–H groups in total. The standard InChI is InChI=1S/C38H66N2O9/c1-10-31(42)28(6)29(7)32(43)23-37(8,46)16-11-12-26(4)35-27(5)13-14-33(38(9,47)17-15-30(41)22-34(44)49-35)48-36(45)40-20-18-39(19-21-40)24-25(2)3/h11-14,16,25,27-33,35,41-43,46-47H,10,15,17-24H2,1-9H3/b14-13+,16-11+,26-12+. The zero-order valence-corrected chi connectivity index (χ0v) is 31.4. The third-order valence-corrected chi connectivity index (χ3v) is 10.2. The Hall–Kier alpha value is -2.28. The lowest BCUT2D eigenvalue weighted by molar-refractivity contribution is -0.151. The SMILES string of the molecule is CCC(O)C(C)C(C)C(O)CC(C)(O)/C=C/C=C(\C)C1OC(=O)CC(O)CCC(C)(O)C(OC(=O)N2CCN(CC(C)C)CC2)/C=C/C1C. The van der Waals surface area contributed by atoms with Gasteiger partial charge in [-0.15, -0.1) is 0 Å². The smallest absolute Gasteiger partial charge is 0.410 e. The van der Waals surface area contributed by atoms with Crippen LogP contribution in [0, 0.1) is 23.7 Å². The second-order valence-electron chi connectivity index (χ2n) is 15.5. The number of piperazine rings is 1. The lowest BCUT2D eigenvalue weighted by atomic mass is 9.81. The normalized spacial score (nSPS) is 31.2. The second kappa shape index (κ2) is 19.4. The number of rotatable bonds is 12. The van der Waals surface area contributed by atoms with Gasteiger partial charge in [0.25, 0.3) is 0 Å². The summed E-state index contributed by atoms with van der Waals surface area (Å²) < 4.78 is 11.8. The average molecular weight is 695 g/mol. The number of allylic oxidation sites excluding steroid dienone is 2. The Balaban J connectivity index is 2.23. The minimum Gasteiger partial charge on any atom is -0.457 e. The summed E-state index contributed by atoms with van der Waals surface area (Å²) in [6.45, 7) is 20.3. The van der Waals surface area contributed by atoms with E-state index in [1.54, 1.807) is 56.1 Å². The number of aliphatic hydroxyl groups is 5. The van der Waals surface area contributed by atoms with Crippen molar-refractivity contribution in [1.82, 2.24) is 9.80 Å². The monoisotopic (exact) mass is 694 g/mol. The number of carbonyl (C=O) groups is 2. The zero-order valence-electron chi connectivity index (χ0n) is 31.4. The molecule has 11 nitrogen and oxygen atoms in total. The molecule has 0 saturated carbocycles. The molecule has 2 heterocycles. The van der Waals surface area contributed by atoms with Gasteiger partial charge in [0.05, 0.1) is 30.3 Å². The number of carbonyl (C=O) groups excluding carboxylic acids is 2. The van der Waals surface area contributed by atoms with E-state index in [-0.39, 0.29) is 37.5 Å². The van der Waals surface area contributed by atoms with Crippen molar-refractivity contribution in [3.05, 3.63) is 36.0 Å². The number of hydrogen-bond donors (Lipinski definition) is 5. The molecule has 0 aromatic carbocycles. The highest BCUT2D eigenvalue weighted by Gasteiger charge is 2.37. The molecule has 0 aromatic rings. The lowest BCUT2D eigenvalue weighted by Gasteiger charge is -2.37. The van der Waals surface area contributed by atoms with Gasteiger partial charge in [0.2, 0.25) is 0 Å². The van der Waals surface area contributed by atoms with E-state index in [0.29, 0.717) is 31.0 Å². The number of aliphatic hydroxyl groups excluding tert-OH is 3. The van der Waals surface area contributed by atoms with E-state index in [9.17, 15) is 35.1 Å². The maximum absolute atomic E-state index is 13.3. The minimum absolute atomic E-state index is 0.0709. The summed E-state index contributed by atoms with van der Waals surface area (Å²) in [6, 6.07) is 0. The van der Waals surface area contributed by atoms with Crippen LogP contribution >= 0.6 is 0 Å². The van der Waals surface area contributed by atoms with Gasteiger partial charge in [0.15, 0.2) is 6.10 Å². The highest BCUT2D eigenvalue weighted by Crippen LogP contribution is 2.29. The fourth-order valence-electron chi connectivity index (χ4n) is 6.52. The number of esters is 1. The number of ether oxygens (including phenoxy) is 2. The van der Waals surface area contributed by atoms with Gasteiger partial charge in [-0.1, -0.05) is 65.8 Å². The molecular formula is C38H66N2O9. The number of amides is 1. The molecule has 0 radical (unpaired) electrons. The molecule has 1 amide bonds. The van der Waals surface area contributed by atoms with Crippen LogP contribution in [0.3, 0.4) is 0 Å². The Morgan fingerprint density at radius 3 is 2.33 bits per heavy atom. The molecule has 2 aliphatic rings. The Kier molecular flexibility index (Phi) is 16.9. The van der Waals surface area contributed by atoms with Crippen LogP contribution in [0.1, 0.15) is 94.4 Å². The summed E-state index contributed by atoms with van der Waals surface area (Å²) >= 11 is 0. The van der Waals surface area contributed by atoms with Gasteiger partial charge in [-0.05, 0) is 69.4 Å². The molecule has 49 heavy (non-hydrogen) atoms. The fourth-order valence-corrected chi connectivity index (χ4v) is 6.52. The molecule has 2 aliphatic heterocycles. The van der Waals surface area contributed by atoms with Crippen LogP contribution in [0.2, 0.25) is 0 Å². The van der Waals surface area contributed by atoms with Gasteiger partial charge in [0, 0.05) is 45.1 Å². The highest BCUT2D eigenvalue weighted by molar-refractivity contribution is 5.70. The van der Waals surface area contributed by atoms with Crippen LogP contribution in [0.5, 0.6) is 0 Å². The van der Waals surface area contributed by atoms with Crippen molar-refractivity contribution >= 4 is 12.1 Å². The van der Waals surface area contributed by atoms with Crippen molar-refractivity contribution in [2.45, 2.75) is 136 Å². The molecule has 1 saturated heterocycles. The van der Waals surface area contributed by atoms with Crippen molar-refractivity contribution in [1.29, 1.82) is 0 Å². The Morgan fingerprint density at radius 2 is 1.73 bits per heavy atom. The fraction of sp³-hybridized carbons (Fsp3) is 0.789. The summed E-state index contributed by atoms with van der Waals surface area (Å²) in [4.78, 5) is 30.1. The van der Waals surface area contributed by atoms with Crippen LogP contribution in [-0.4, -0.2) is 122 Å². The van der Waals surface area contributed by atoms with E-state index in [0.717, 1.165) is 19.6 Å². The van der Waals surface area contributed by atoms with E-state index < -0.39 is 59.7 Å². The summed E-state index contributed by atoms with van der Waals surface area (Å²) in [5.74, 6) is -0.820. The predicted octanol–water partition coefficient (Wildman–Crippen LogP) is 4.21. The Labute approximate surface area is 294 Å². The predicted molar refractivity (Wildman–Crippen MR) is 191 cm³/mol. The number of cyclic esters (lactones) is 1. The van der Waals surface area contributed by atoms with E-state index in [2.05, 4.69) is 18.7 Å². The lowest BCUT2D eigenvalue weighted by Crippen LogP contribution is -2.51. The molecule has 2 rings (SSSR count). The topological polar surface area (TPSA) is 160 Å². The molecule has 0 spiro atoms. The first-order chi connectivity index (χ1) is 22.8. The molecule has 0 aromatic heterocycles. The van der Waals surface area contributed by atoms with Crippen molar-refractivity contribution in [2.75, 3.05) is 32.7 Å². The van der Waals surface area contributed by atoms with Crippen LogP contribution in [0.4, 0.5) is 4.79 Å². The first-order valence-electron chi connectivity index (χ1n) is 18.2. The third kappa shape index (κ3) is 14.1. The van der Waals surface area contributed by atoms with E-state index in [1.165, 1.54) is 0 Å². The molecular weight excluding hydrogens is 628 g/mol. The second-order valence-corrected chi connectivity index (χ2v) is 15.5. The van der Waals surface area contributed by atoms with Crippen molar-refractivity contribution in [3.63, 3.8) is 0 Å². The maximum atomic E-state index is 13.3. The average Bonchev–Trinajstić information content (AvgIpc) is 3.02. The molecule has 10 atom stereocenters. The van der Waals surface area contributed by atoms with E-state index in [4.69, 9.17) is 9.47 Å². The Morgan fingerprint density at radius 1 is 1.12 bits per heavy atom. The largest absolute Gasteiger partial charge is 0.457 e. The Bertz CT molecular complexity index is 1130. The van der Waals surface area contributed by atoms with Crippen molar-refractivity contribution in [3.8, 4) is 0 Å². The summed E-state index contributed by atoms with van der Waals surface area (Å²) in [5.41, 5.74) is -2.18. The van der Waals surface area contributed by atoms with Crippen molar-refractivity contribution in [2.24, 2.45) is 23.7 Å². The maximum Gasteiger partial charge on any atom is 0.410 e. The van der Waals surface area contributed by atoms with Gasteiger partial charge in [-0.25, -0.2) is 4.79 Å². The van der Waals surface area contributed by atoms with E-state index in [1.807, 2.05) is 27.7 Å². The molecule has 0 aliphatic carbocycles. The zero-order chi connectivity index (χ0) is 37.1. The first-order valence-corrected chi connectivity index (χ1v) is 18.2. The molecule has 11 heteroatoms. The van der Waals surface area contributed by atoms with Gasteiger partial charge >= 0.3 is 12.1 Å². The van der Waals surface area contributed by atoms with Crippen LogP contribution in [0.25, 0.3) is 0 Å². The van der Waals surface area contributed by atoms with Gasteiger partial charge in [-0.3, -0.25) is 9.69 Å².